The van der Waals surface area contributed by atoms with Gasteiger partial charge in [0.2, 0.25) is 5.91 Å². The maximum absolute atomic E-state index is 12.6. The highest BCUT2D eigenvalue weighted by Gasteiger charge is 2.20. The standard InChI is InChI=1S/C22H26N2O3/c1-3-20(17-10-12-19(27-2)13-11-17)23-22(26)18-8-6-16(7-9-18)15-24-14-4-5-21(24)25/h6-13,20H,3-5,14-15H2,1-2H3,(H,23,26)/t20-/m0/s1. The number of nitrogens with zero attached hydrogens (tertiary/aromatic N) is 1. The monoisotopic (exact) mass is 366 g/mol. The lowest BCUT2D eigenvalue weighted by atomic mass is 10.0. The molecule has 2 amide bonds. The molecule has 0 bridgehead atoms. The summed E-state index contributed by atoms with van der Waals surface area (Å²) in [4.78, 5) is 26.2. The summed E-state index contributed by atoms with van der Waals surface area (Å²) in [7, 11) is 1.64. The Morgan fingerprint density at radius 2 is 1.85 bits per heavy atom. The number of hydrogen-bond acceptors (Lipinski definition) is 3. The molecule has 27 heavy (non-hydrogen) atoms. The predicted octanol–water partition coefficient (Wildman–Crippen LogP) is 3.70. The summed E-state index contributed by atoms with van der Waals surface area (Å²) in [5.74, 6) is 0.913. The first-order valence-corrected chi connectivity index (χ1v) is 9.42. The normalized spacial score (nSPS) is 14.9. The molecule has 1 aliphatic heterocycles. The van der Waals surface area contributed by atoms with Crippen molar-refractivity contribution in [1.29, 1.82) is 0 Å². The second-order valence-corrected chi connectivity index (χ2v) is 6.82. The van der Waals surface area contributed by atoms with Crippen LogP contribution in [0.3, 0.4) is 0 Å². The van der Waals surface area contributed by atoms with E-state index < -0.39 is 0 Å². The number of amides is 2. The molecule has 0 aromatic heterocycles. The molecule has 5 heteroatoms. The average molecular weight is 366 g/mol. The van der Waals surface area contributed by atoms with Gasteiger partial charge in [-0.1, -0.05) is 31.2 Å². The lowest BCUT2D eigenvalue weighted by Gasteiger charge is -2.18. The lowest BCUT2D eigenvalue weighted by molar-refractivity contribution is -0.128. The van der Waals surface area contributed by atoms with Crippen LogP contribution in [-0.2, 0) is 11.3 Å². The molecule has 1 N–H and O–H groups in total. The quantitative estimate of drug-likeness (QED) is 0.813. The molecule has 142 valence electrons. The summed E-state index contributed by atoms with van der Waals surface area (Å²) >= 11 is 0. The van der Waals surface area contributed by atoms with Crippen LogP contribution in [0.15, 0.2) is 48.5 Å². The third kappa shape index (κ3) is 4.67. The summed E-state index contributed by atoms with van der Waals surface area (Å²) in [5.41, 5.74) is 2.72. The molecule has 1 fully saturated rings. The van der Waals surface area contributed by atoms with Crippen molar-refractivity contribution >= 4 is 11.8 Å². The molecule has 1 saturated heterocycles. The summed E-state index contributed by atoms with van der Waals surface area (Å²) in [6, 6.07) is 15.2. The first-order chi connectivity index (χ1) is 13.1. The number of carbonyl (C=O) groups is 2. The molecule has 0 aliphatic carbocycles. The zero-order valence-corrected chi connectivity index (χ0v) is 15.9. The minimum atomic E-state index is -0.0959. The van der Waals surface area contributed by atoms with Crippen LogP contribution in [0.1, 0.15) is 53.7 Å². The maximum atomic E-state index is 12.6. The Morgan fingerprint density at radius 3 is 2.41 bits per heavy atom. The summed E-state index contributed by atoms with van der Waals surface area (Å²) in [5, 5.41) is 3.09. The van der Waals surface area contributed by atoms with E-state index in [-0.39, 0.29) is 17.9 Å². The second-order valence-electron chi connectivity index (χ2n) is 6.82. The summed E-state index contributed by atoms with van der Waals surface area (Å²) in [6.07, 6.45) is 2.38. The molecule has 5 nitrogen and oxygen atoms in total. The van der Waals surface area contributed by atoms with Crippen LogP contribution in [0.4, 0.5) is 0 Å². The van der Waals surface area contributed by atoms with Crippen LogP contribution in [0.5, 0.6) is 5.75 Å². The third-order valence-corrected chi connectivity index (χ3v) is 4.99. The highest BCUT2D eigenvalue weighted by Crippen LogP contribution is 2.21. The number of methoxy groups -OCH3 is 1. The first kappa shape index (κ1) is 19.0. The largest absolute Gasteiger partial charge is 0.497 e. The van der Waals surface area contributed by atoms with Crippen LogP contribution in [0, 0.1) is 0 Å². The van der Waals surface area contributed by atoms with Gasteiger partial charge in [0.25, 0.3) is 5.91 Å². The van der Waals surface area contributed by atoms with E-state index in [4.69, 9.17) is 4.74 Å². The van der Waals surface area contributed by atoms with Crippen molar-refractivity contribution in [3.8, 4) is 5.75 Å². The van der Waals surface area contributed by atoms with E-state index in [2.05, 4.69) is 5.32 Å². The van der Waals surface area contributed by atoms with Crippen molar-refractivity contribution in [3.63, 3.8) is 0 Å². The Labute approximate surface area is 160 Å². The number of carbonyl (C=O) groups excluding carboxylic acids is 2. The van der Waals surface area contributed by atoms with E-state index in [1.165, 1.54) is 0 Å². The van der Waals surface area contributed by atoms with Crippen molar-refractivity contribution < 1.29 is 14.3 Å². The molecule has 0 unspecified atom stereocenters. The molecule has 2 aromatic carbocycles. The van der Waals surface area contributed by atoms with Crippen molar-refractivity contribution in [2.75, 3.05) is 13.7 Å². The Bertz CT molecular complexity index is 784. The van der Waals surface area contributed by atoms with Gasteiger partial charge in [0, 0.05) is 25.1 Å². The minimum Gasteiger partial charge on any atom is -0.497 e. The first-order valence-electron chi connectivity index (χ1n) is 9.42. The van der Waals surface area contributed by atoms with Crippen LogP contribution >= 0.6 is 0 Å². The van der Waals surface area contributed by atoms with Crippen molar-refractivity contribution in [3.05, 3.63) is 65.2 Å². The SMILES string of the molecule is CC[C@H](NC(=O)c1ccc(CN2CCCC2=O)cc1)c1ccc(OC)cc1. The van der Waals surface area contributed by atoms with Crippen LogP contribution in [0.25, 0.3) is 0 Å². The van der Waals surface area contributed by atoms with E-state index in [9.17, 15) is 9.59 Å². The number of rotatable bonds is 7. The van der Waals surface area contributed by atoms with Gasteiger partial charge in [0.1, 0.15) is 5.75 Å². The van der Waals surface area contributed by atoms with Gasteiger partial charge >= 0.3 is 0 Å². The van der Waals surface area contributed by atoms with E-state index in [0.29, 0.717) is 18.5 Å². The molecule has 1 atom stereocenters. The van der Waals surface area contributed by atoms with Gasteiger partial charge in [0.05, 0.1) is 13.2 Å². The Kier molecular flexibility index (Phi) is 6.12. The average Bonchev–Trinajstić information content (AvgIpc) is 3.11. The number of benzene rings is 2. The third-order valence-electron chi connectivity index (χ3n) is 4.99. The van der Waals surface area contributed by atoms with Crippen LogP contribution in [-0.4, -0.2) is 30.4 Å². The van der Waals surface area contributed by atoms with E-state index in [1.807, 2.05) is 60.4 Å². The number of ether oxygens (including phenoxy) is 1. The zero-order valence-electron chi connectivity index (χ0n) is 15.9. The molecule has 0 radical (unpaired) electrons. The topological polar surface area (TPSA) is 58.6 Å². The second kappa shape index (κ2) is 8.71. The summed E-state index contributed by atoms with van der Waals surface area (Å²) in [6.45, 7) is 3.48. The highest BCUT2D eigenvalue weighted by molar-refractivity contribution is 5.94. The fourth-order valence-corrected chi connectivity index (χ4v) is 3.35. The Hall–Kier alpha value is -2.82. The maximum Gasteiger partial charge on any atom is 0.251 e. The molecule has 2 aromatic rings. The smallest absolute Gasteiger partial charge is 0.251 e. The van der Waals surface area contributed by atoms with Gasteiger partial charge in [-0.2, -0.15) is 0 Å². The fraction of sp³-hybridized carbons (Fsp3) is 0.364. The number of hydrogen-bond donors (Lipinski definition) is 1. The number of likely N-dealkylation sites (tertiary alicyclic amines) is 1. The molecule has 0 saturated carbocycles. The molecular weight excluding hydrogens is 340 g/mol. The molecule has 1 heterocycles. The lowest BCUT2D eigenvalue weighted by Crippen LogP contribution is -2.28. The van der Waals surface area contributed by atoms with Gasteiger partial charge in [-0.25, -0.2) is 0 Å². The molecular formula is C22H26N2O3. The Morgan fingerprint density at radius 1 is 1.15 bits per heavy atom. The number of nitrogens with one attached hydrogen (secondary N) is 1. The minimum absolute atomic E-state index is 0.0506. The van der Waals surface area contributed by atoms with Crippen LogP contribution < -0.4 is 10.1 Å². The molecule has 3 rings (SSSR count). The van der Waals surface area contributed by atoms with E-state index >= 15 is 0 Å². The van der Waals surface area contributed by atoms with Gasteiger partial charge in [0.15, 0.2) is 0 Å². The van der Waals surface area contributed by atoms with Crippen molar-refractivity contribution in [2.45, 2.75) is 38.8 Å². The highest BCUT2D eigenvalue weighted by atomic mass is 16.5. The van der Waals surface area contributed by atoms with Gasteiger partial charge in [-0.3, -0.25) is 9.59 Å². The van der Waals surface area contributed by atoms with Crippen LogP contribution in [0.2, 0.25) is 0 Å². The predicted molar refractivity (Wildman–Crippen MR) is 105 cm³/mol. The van der Waals surface area contributed by atoms with Crippen molar-refractivity contribution in [1.82, 2.24) is 10.2 Å². The van der Waals surface area contributed by atoms with Gasteiger partial charge < -0.3 is 15.0 Å². The van der Waals surface area contributed by atoms with E-state index in [1.54, 1.807) is 7.11 Å². The van der Waals surface area contributed by atoms with Gasteiger partial charge in [-0.05, 0) is 48.2 Å². The van der Waals surface area contributed by atoms with Crippen molar-refractivity contribution in [2.24, 2.45) is 0 Å². The van der Waals surface area contributed by atoms with Gasteiger partial charge in [-0.15, -0.1) is 0 Å². The Balaban J connectivity index is 1.62. The van der Waals surface area contributed by atoms with E-state index in [0.717, 1.165) is 36.3 Å². The molecule has 1 aliphatic rings. The fourth-order valence-electron chi connectivity index (χ4n) is 3.35. The summed E-state index contributed by atoms with van der Waals surface area (Å²) < 4.78 is 5.19. The molecule has 0 spiro atoms. The zero-order chi connectivity index (χ0) is 19.2.